The van der Waals surface area contributed by atoms with Gasteiger partial charge >= 0.3 is 6.18 Å². The summed E-state index contributed by atoms with van der Waals surface area (Å²) in [6.45, 7) is 3.17. The Morgan fingerprint density at radius 3 is 2.41 bits per heavy atom. The first kappa shape index (κ1) is 19.4. The second-order valence-corrected chi connectivity index (χ2v) is 7.08. The second kappa shape index (κ2) is 7.34. The zero-order valence-corrected chi connectivity index (χ0v) is 16.6. The number of anilines is 1. The predicted octanol–water partition coefficient (Wildman–Crippen LogP) is 5.36. The summed E-state index contributed by atoms with van der Waals surface area (Å²) in [5, 5.41) is 2.60. The van der Waals surface area contributed by atoms with E-state index in [1.54, 1.807) is 48.0 Å². The fourth-order valence-corrected chi connectivity index (χ4v) is 3.73. The van der Waals surface area contributed by atoms with Gasteiger partial charge in [0.2, 0.25) is 0 Å². The Hall–Kier alpha value is -2.36. The zero-order valence-electron chi connectivity index (χ0n) is 14.4. The monoisotopic (exact) mass is 485 g/mol. The van der Waals surface area contributed by atoms with Crippen LogP contribution in [0, 0.1) is 17.4 Å². The maximum Gasteiger partial charge on any atom is 0.416 e. The number of hydrogen-bond acceptors (Lipinski definition) is 2. The summed E-state index contributed by atoms with van der Waals surface area (Å²) in [5.74, 6) is -0.474. The molecule has 8 heteroatoms. The van der Waals surface area contributed by atoms with E-state index in [4.69, 9.17) is 0 Å². The summed E-state index contributed by atoms with van der Waals surface area (Å²) < 4.78 is 42.8. The summed E-state index contributed by atoms with van der Waals surface area (Å²) in [6.07, 6.45) is -1.44. The first-order chi connectivity index (χ1) is 12.7. The van der Waals surface area contributed by atoms with Crippen molar-refractivity contribution in [2.45, 2.75) is 20.0 Å². The molecular formula is C19H15F3IN3O. The predicted molar refractivity (Wildman–Crippen MR) is 105 cm³/mol. The Morgan fingerprint density at radius 2 is 1.85 bits per heavy atom. The van der Waals surface area contributed by atoms with E-state index in [0.29, 0.717) is 20.5 Å². The minimum Gasteiger partial charge on any atom is -0.321 e. The number of rotatable bonds is 3. The number of alkyl halides is 3. The average molecular weight is 485 g/mol. The standard InChI is InChI=1S/C19H15F3IN3O/c1-11-9-26(10-24-11)17-12(2)14(19(20,21)22)8-15(16(17)23)25-18(27)13-6-4-3-5-7-13/h3-10H,1-2H3,(H,25,27). The lowest BCUT2D eigenvalue weighted by Crippen LogP contribution is -2.17. The lowest BCUT2D eigenvalue weighted by atomic mass is 10.0. The van der Waals surface area contributed by atoms with Crippen LogP contribution in [0.3, 0.4) is 0 Å². The quantitative estimate of drug-likeness (QED) is 0.508. The smallest absolute Gasteiger partial charge is 0.321 e. The Balaban J connectivity index is 2.15. The van der Waals surface area contributed by atoms with E-state index in [0.717, 1.165) is 6.07 Å². The molecule has 1 aromatic heterocycles. The Bertz CT molecular complexity index is 997. The number of carbonyl (C=O) groups excluding carboxylic acids is 1. The van der Waals surface area contributed by atoms with Gasteiger partial charge in [-0.25, -0.2) is 4.98 Å². The molecule has 0 aliphatic rings. The van der Waals surface area contributed by atoms with Crippen LogP contribution in [0.1, 0.15) is 27.2 Å². The van der Waals surface area contributed by atoms with Crippen LogP contribution in [0.2, 0.25) is 0 Å². The Morgan fingerprint density at radius 1 is 1.19 bits per heavy atom. The number of aryl methyl sites for hydroxylation is 1. The molecule has 3 aromatic rings. The van der Waals surface area contributed by atoms with Crippen molar-refractivity contribution in [1.29, 1.82) is 0 Å². The summed E-state index contributed by atoms with van der Waals surface area (Å²) >= 11 is 1.95. The number of carbonyl (C=O) groups is 1. The normalized spacial score (nSPS) is 11.5. The van der Waals surface area contributed by atoms with Gasteiger partial charge in [-0.2, -0.15) is 13.2 Å². The van der Waals surface area contributed by atoms with Gasteiger partial charge < -0.3 is 9.88 Å². The highest BCUT2D eigenvalue weighted by Crippen LogP contribution is 2.39. The third-order valence-electron chi connectivity index (χ3n) is 4.05. The molecule has 0 bridgehead atoms. The molecule has 0 aliphatic carbocycles. The fourth-order valence-electron chi connectivity index (χ4n) is 2.76. The molecule has 0 spiro atoms. The van der Waals surface area contributed by atoms with Crippen molar-refractivity contribution in [2.24, 2.45) is 0 Å². The number of nitrogens with one attached hydrogen (secondary N) is 1. The van der Waals surface area contributed by atoms with E-state index in [-0.39, 0.29) is 11.3 Å². The molecule has 4 nitrogen and oxygen atoms in total. The SMILES string of the molecule is Cc1cn(-c2c(C)c(C(F)(F)F)cc(NC(=O)c3ccccc3)c2I)cn1. The van der Waals surface area contributed by atoms with Gasteiger partial charge in [-0.3, -0.25) is 4.79 Å². The zero-order chi connectivity index (χ0) is 19.8. The Labute approximate surface area is 167 Å². The van der Waals surface area contributed by atoms with E-state index in [2.05, 4.69) is 10.3 Å². The minimum atomic E-state index is -4.55. The van der Waals surface area contributed by atoms with Gasteiger partial charge in [0, 0.05) is 11.8 Å². The molecule has 1 N–H and O–H groups in total. The molecular weight excluding hydrogens is 470 g/mol. The number of amides is 1. The highest BCUT2D eigenvalue weighted by atomic mass is 127. The van der Waals surface area contributed by atoms with Gasteiger partial charge in [0.25, 0.3) is 5.91 Å². The number of aromatic nitrogens is 2. The molecule has 1 heterocycles. The van der Waals surface area contributed by atoms with Crippen LogP contribution in [-0.4, -0.2) is 15.5 Å². The topological polar surface area (TPSA) is 46.9 Å². The molecule has 0 aliphatic heterocycles. The van der Waals surface area contributed by atoms with E-state index in [9.17, 15) is 18.0 Å². The summed E-state index contributed by atoms with van der Waals surface area (Å²) in [7, 11) is 0. The van der Waals surface area contributed by atoms with Gasteiger partial charge in [0.05, 0.1) is 32.5 Å². The number of hydrogen-bond donors (Lipinski definition) is 1. The minimum absolute atomic E-state index is 0.0713. The molecule has 2 aromatic carbocycles. The lowest BCUT2D eigenvalue weighted by Gasteiger charge is -2.20. The van der Waals surface area contributed by atoms with Crippen LogP contribution < -0.4 is 5.32 Å². The van der Waals surface area contributed by atoms with Crippen LogP contribution in [0.5, 0.6) is 0 Å². The fraction of sp³-hybridized carbons (Fsp3) is 0.158. The van der Waals surface area contributed by atoms with Crippen molar-refractivity contribution >= 4 is 34.2 Å². The molecule has 0 atom stereocenters. The molecule has 27 heavy (non-hydrogen) atoms. The van der Waals surface area contributed by atoms with E-state index in [1.807, 2.05) is 22.6 Å². The molecule has 0 unspecified atom stereocenters. The lowest BCUT2D eigenvalue weighted by molar-refractivity contribution is -0.138. The number of halogens is 4. The summed E-state index contributed by atoms with van der Waals surface area (Å²) in [5.41, 5.74) is 0.757. The third-order valence-corrected chi connectivity index (χ3v) is 5.14. The summed E-state index contributed by atoms with van der Waals surface area (Å²) in [6, 6.07) is 9.31. The average Bonchev–Trinajstić information content (AvgIpc) is 3.03. The molecule has 0 saturated heterocycles. The van der Waals surface area contributed by atoms with Crippen LogP contribution in [0.25, 0.3) is 5.69 Å². The van der Waals surface area contributed by atoms with Crippen molar-refractivity contribution in [3.63, 3.8) is 0 Å². The van der Waals surface area contributed by atoms with E-state index >= 15 is 0 Å². The van der Waals surface area contributed by atoms with Crippen LogP contribution in [-0.2, 0) is 6.18 Å². The molecule has 1 amide bonds. The van der Waals surface area contributed by atoms with Crippen LogP contribution in [0.4, 0.5) is 18.9 Å². The largest absolute Gasteiger partial charge is 0.416 e. The molecule has 0 saturated carbocycles. The highest BCUT2D eigenvalue weighted by molar-refractivity contribution is 14.1. The Kier molecular flexibility index (Phi) is 5.27. The molecule has 140 valence electrons. The van der Waals surface area contributed by atoms with Crippen molar-refractivity contribution in [1.82, 2.24) is 9.55 Å². The first-order valence-corrected chi connectivity index (χ1v) is 9.04. The van der Waals surface area contributed by atoms with Gasteiger partial charge in [-0.15, -0.1) is 0 Å². The maximum absolute atomic E-state index is 13.6. The van der Waals surface area contributed by atoms with Crippen molar-refractivity contribution in [2.75, 3.05) is 5.32 Å². The van der Waals surface area contributed by atoms with Crippen molar-refractivity contribution < 1.29 is 18.0 Å². The maximum atomic E-state index is 13.6. The van der Waals surface area contributed by atoms with E-state index < -0.39 is 17.6 Å². The third kappa shape index (κ3) is 4.00. The van der Waals surface area contributed by atoms with Crippen LogP contribution in [0.15, 0.2) is 48.9 Å². The van der Waals surface area contributed by atoms with Crippen LogP contribution >= 0.6 is 22.6 Å². The van der Waals surface area contributed by atoms with Gasteiger partial charge in [-0.05, 0) is 60.2 Å². The molecule has 0 fully saturated rings. The molecule has 0 radical (unpaired) electrons. The van der Waals surface area contributed by atoms with Crippen molar-refractivity contribution in [3.05, 3.63) is 74.9 Å². The summed E-state index contributed by atoms with van der Waals surface area (Å²) in [4.78, 5) is 16.5. The molecule has 3 rings (SSSR count). The van der Waals surface area contributed by atoms with Gasteiger partial charge in [0.15, 0.2) is 0 Å². The number of imidazole rings is 1. The number of nitrogens with zero attached hydrogens (tertiary/aromatic N) is 2. The van der Waals surface area contributed by atoms with Crippen molar-refractivity contribution in [3.8, 4) is 5.69 Å². The van der Waals surface area contributed by atoms with Gasteiger partial charge in [-0.1, -0.05) is 18.2 Å². The van der Waals surface area contributed by atoms with Gasteiger partial charge in [0.1, 0.15) is 0 Å². The second-order valence-electron chi connectivity index (χ2n) is 6.00. The first-order valence-electron chi connectivity index (χ1n) is 7.96. The van der Waals surface area contributed by atoms with E-state index in [1.165, 1.54) is 13.3 Å². The highest BCUT2D eigenvalue weighted by Gasteiger charge is 2.35. The number of benzene rings is 2.